The second kappa shape index (κ2) is 6.48. The maximum absolute atomic E-state index is 9.95. The fourth-order valence-electron chi connectivity index (χ4n) is 3.64. The van der Waals surface area contributed by atoms with Crippen molar-refractivity contribution in [1.82, 2.24) is 14.5 Å². The SMILES string of the molecule is OCC1O[C@@H](n2cnc3c(NC4CCCC4)cc(Cl)nc32)C[C@@H]1O. The average molecular weight is 353 g/mol. The van der Waals surface area contributed by atoms with Crippen LogP contribution in [-0.2, 0) is 4.74 Å². The maximum Gasteiger partial charge on any atom is 0.165 e. The van der Waals surface area contributed by atoms with Crippen molar-refractivity contribution in [3.8, 4) is 0 Å². The van der Waals surface area contributed by atoms with Gasteiger partial charge in [-0.3, -0.25) is 4.57 Å². The van der Waals surface area contributed by atoms with Crippen molar-refractivity contribution in [2.24, 2.45) is 0 Å². The summed E-state index contributed by atoms with van der Waals surface area (Å²) >= 11 is 6.21. The number of halogens is 1. The Morgan fingerprint density at radius 3 is 2.88 bits per heavy atom. The summed E-state index contributed by atoms with van der Waals surface area (Å²) in [6.07, 6.45) is 5.13. The van der Waals surface area contributed by atoms with Crippen LogP contribution in [0.1, 0.15) is 38.3 Å². The standard InChI is InChI=1S/C16H21ClN4O3/c17-13-5-10(19-9-3-1-2-4-9)15-16(20-13)21(8-18-15)14-6-11(23)12(7-22)24-14/h5,8-9,11-12,14,22-23H,1-4,6-7H2,(H,19,20)/t11-,12?,14+/m0/s1. The van der Waals surface area contributed by atoms with Crippen LogP contribution < -0.4 is 5.32 Å². The summed E-state index contributed by atoms with van der Waals surface area (Å²) in [5.74, 6) is 0. The molecule has 8 heteroatoms. The fraction of sp³-hybridized carbons (Fsp3) is 0.625. The third-order valence-corrected chi connectivity index (χ3v) is 5.10. The second-order valence-corrected chi connectivity index (χ2v) is 6.94. The zero-order chi connectivity index (χ0) is 16.7. The molecule has 0 bridgehead atoms. The largest absolute Gasteiger partial charge is 0.394 e. The molecule has 1 aliphatic carbocycles. The molecule has 0 amide bonds. The molecule has 1 unspecified atom stereocenters. The van der Waals surface area contributed by atoms with Crippen LogP contribution in [0.15, 0.2) is 12.4 Å². The van der Waals surface area contributed by atoms with E-state index in [1.165, 1.54) is 12.8 Å². The first kappa shape index (κ1) is 16.1. The molecule has 0 spiro atoms. The number of anilines is 1. The van der Waals surface area contributed by atoms with Gasteiger partial charge in [0.25, 0.3) is 0 Å². The number of nitrogens with one attached hydrogen (secondary N) is 1. The number of nitrogens with zero attached hydrogens (tertiary/aromatic N) is 3. The van der Waals surface area contributed by atoms with Gasteiger partial charge in [-0.25, -0.2) is 9.97 Å². The van der Waals surface area contributed by atoms with Gasteiger partial charge in [-0.1, -0.05) is 24.4 Å². The molecule has 3 atom stereocenters. The van der Waals surface area contributed by atoms with Crippen LogP contribution in [0.3, 0.4) is 0 Å². The molecule has 1 saturated carbocycles. The molecule has 130 valence electrons. The van der Waals surface area contributed by atoms with E-state index in [1.54, 1.807) is 17.0 Å². The predicted molar refractivity (Wildman–Crippen MR) is 90.0 cm³/mol. The summed E-state index contributed by atoms with van der Waals surface area (Å²) in [6, 6.07) is 2.25. The number of hydrogen-bond donors (Lipinski definition) is 3. The highest BCUT2D eigenvalue weighted by Crippen LogP contribution is 2.34. The van der Waals surface area contributed by atoms with E-state index in [1.807, 2.05) is 0 Å². The van der Waals surface area contributed by atoms with Gasteiger partial charge >= 0.3 is 0 Å². The summed E-state index contributed by atoms with van der Waals surface area (Å²) in [5.41, 5.74) is 2.25. The Labute approximate surface area is 144 Å². The summed E-state index contributed by atoms with van der Waals surface area (Å²) in [7, 11) is 0. The third-order valence-electron chi connectivity index (χ3n) is 4.91. The van der Waals surface area contributed by atoms with Crippen LogP contribution in [0.4, 0.5) is 5.69 Å². The maximum atomic E-state index is 9.95. The molecule has 0 radical (unpaired) electrons. The van der Waals surface area contributed by atoms with Crippen LogP contribution in [0.2, 0.25) is 5.15 Å². The predicted octanol–water partition coefficient (Wildman–Crippen LogP) is 2.08. The molecule has 2 fully saturated rings. The summed E-state index contributed by atoms with van der Waals surface area (Å²) < 4.78 is 7.49. The van der Waals surface area contributed by atoms with E-state index in [9.17, 15) is 10.2 Å². The molecule has 3 heterocycles. The zero-order valence-electron chi connectivity index (χ0n) is 13.2. The quantitative estimate of drug-likeness (QED) is 0.730. The number of imidazole rings is 1. The number of ether oxygens (including phenoxy) is 1. The van der Waals surface area contributed by atoms with Crippen LogP contribution >= 0.6 is 11.6 Å². The lowest BCUT2D eigenvalue weighted by atomic mass is 10.2. The molecular weight excluding hydrogens is 332 g/mol. The molecule has 2 aromatic heterocycles. The van der Waals surface area contributed by atoms with Gasteiger partial charge in [-0.05, 0) is 12.8 Å². The molecule has 7 nitrogen and oxygen atoms in total. The van der Waals surface area contributed by atoms with Crippen LogP contribution in [0.5, 0.6) is 0 Å². The summed E-state index contributed by atoms with van der Waals surface area (Å²) in [5, 5.41) is 23.1. The van der Waals surface area contributed by atoms with E-state index in [2.05, 4.69) is 15.3 Å². The smallest absolute Gasteiger partial charge is 0.165 e. The van der Waals surface area contributed by atoms with Gasteiger partial charge in [0.1, 0.15) is 23.0 Å². The van der Waals surface area contributed by atoms with Gasteiger partial charge in [-0.2, -0.15) is 0 Å². The Morgan fingerprint density at radius 2 is 2.17 bits per heavy atom. The Hall–Kier alpha value is -1.41. The van der Waals surface area contributed by atoms with Gasteiger partial charge in [0.15, 0.2) is 5.65 Å². The van der Waals surface area contributed by atoms with E-state index in [-0.39, 0.29) is 6.61 Å². The number of pyridine rings is 1. The fourth-order valence-corrected chi connectivity index (χ4v) is 3.83. The third kappa shape index (κ3) is 2.86. The first-order valence-electron chi connectivity index (χ1n) is 8.39. The number of hydrogen-bond acceptors (Lipinski definition) is 6. The van der Waals surface area contributed by atoms with Crippen molar-refractivity contribution >= 4 is 28.5 Å². The molecule has 3 N–H and O–H groups in total. The number of aromatic nitrogens is 3. The normalized spacial score (nSPS) is 28.0. The molecule has 1 aliphatic heterocycles. The molecular formula is C16H21ClN4O3. The van der Waals surface area contributed by atoms with Crippen LogP contribution in [0.25, 0.3) is 11.2 Å². The number of aliphatic hydroxyl groups excluding tert-OH is 2. The van der Waals surface area contributed by atoms with Gasteiger partial charge in [0.05, 0.1) is 24.7 Å². The van der Waals surface area contributed by atoms with Gasteiger partial charge in [-0.15, -0.1) is 0 Å². The lowest BCUT2D eigenvalue weighted by Crippen LogP contribution is -2.24. The number of rotatable bonds is 4. The van der Waals surface area contributed by atoms with Crippen molar-refractivity contribution in [2.45, 2.75) is 56.6 Å². The Morgan fingerprint density at radius 1 is 1.38 bits per heavy atom. The molecule has 1 saturated heterocycles. The molecule has 4 rings (SSSR count). The molecule has 24 heavy (non-hydrogen) atoms. The van der Waals surface area contributed by atoms with E-state index in [0.29, 0.717) is 23.3 Å². The number of fused-ring (bicyclic) bond motifs is 1. The van der Waals surface area contributed by atoms with Crippen molar-refractivity contribution in [1.29, 1.82) is 0 Å². The molecule has 2 aromatic rings. The second-order valence-electron chi connectivity index (χ2n) is 6.56. The van der Waals surface area contributed by atoms with Crippen LogP contribution in [-0.4, -0.2) is 49.6 Å². The lowest BCUT2D eigenvalue weighted by molar-refractivity contribution is -0.0432. The van der Waals surface area contributed by atoms with E-state index >= 15 is 0 Å². The first-order valence-corrected chi connectivity index (χ1v) is 8.77. The minimum absolute atomic E-state index is 0.215. The highest BCUT2D eigenvalue weighted by molar-refractivity contribution is 6.30. The van der Waals surface area contributed by atoms with Gasteiger partial charge in [0.2, 0.25) is 0 Å². The Kier molecular flexibility index (Phi) is 4.34. The summed E-state index contributed by atoms with van der Waals surface area (Å²) in [6.45, 7) is -0.215. The Balaban J connectivity index is 1.67. The average Bonchev–Trinajstić information content (AvgIpc) is 3.26. The van der Waals surface area contributed by atoms with Crippen molar-refractivity contribution in [2.75, 3.05) is 11.9 Å². The van der Waals surface area contributed by atoms with Crippen molar-refractivity contribution < 1.29 is 14.9 Å². The van der Waals surface area contributed by atoms with Crippen molar-refractivity contribution in [3.63, 3.8) is 0 Å². The van der Waals surface area contributed by atoms with Gasteiger partial charge < -0.3 is 20.3 Å². The highest BCUT2D eigenvalue weighted by atomic mass is 35.5. The first-order chi connectivity index (χ1) is 11.7. The van der Waals surface area contributed by atoms with Crippen molar-refractivity contribution in [3.05, 3.63) is 17.5 Å². The Bertz CT molecular complexity index is 731. The van der Waals surface area contributed by atoms with E-state index in [0.717, 1.165) is 24.0 Å². The molecule has 0 aromatic carbocycles. The van der Waals surface area contributed by atoms with E-state index in [4.69, 9.17) is 16.3 Å². The van der Waals surface area contributed by atoms with Crippen LogP contribution in [0, 0.1) is 0 Å². The minimum atomic E-state index is -0.701. The summed E-state index contributed by atoms with van der Waals surface area (Å²) in [4.78, 5) is 8.87. The van der Waals surface area contributed by atoms with Gasteiger partial charge in [0, 0.05) is 18.5 Å². The minimum Gasteiger partial charge on any atom is -0.394 e. The monoisotopic (exact) mass is 352 g/mol. The van der Waals surface area contributed by atoms with E-state index < -0.39 is 18.4 Å². The topological polar surface area (TPSA) is 92.4 Å². The number of aliphatic hydroxyl groups is 2. The lowest BCUT2D eigenvalue weighted by Gasteiger charge is -2.16. The molecule has 2 aliphatic rings. The highest BCUT2D eigenvalue weighted by Gasteiger charge is 2.35. The zero-order valence-corrected chi connectivity index (χ0v) is 14.0.